The Morgan fingerprint density at radius 2 is 1.62 bits per heavy atom. The van der Waals surface area contributed by atoms with Gasteiger partial charge in [-0.1, -0.05) is 12.2 Å². The van der Waals surface area contributed by atoms with Crippen molar-refractivity contribution in [1.29, 1.82) is 0 Å². The van der Waals surface area contributed by atoms with Gasteiger partial charge in [0.05, 0.1) is 0 Å². The highest BCUT2D eigenvalue weighted by Crippen LogP contribution is 1.94. The van der Waals surface area contributed by atoms with Gasteiger partial charge in [-0.2, -0.15) is 0 Å². The largest absolute Gasteiger partial charge is 0.103 e. The maximum absolute atomic E-state index is 3.70. The Labute approximate surface area is 56.1 Å². The molecule has 0 rings (SSSR count). The van der Waals surface area contributed by atoms with E-state index in [0.29, 0.717) is 0 Å². The van der Waals surface area contributed by atoms with Gasteiger partial charge in [-0.25, -0.2) is 0 Å². The van der Waals surface area contributed by atoms with Gasteiger partial charge in [0.1, 0.15) is 0 Å². The van der Waals surface area contributed by atoms with Crippen molar-refractivity contribution in [3.63, 3.8) is 0 Å². The lowest BCUT2D eigenvalue weighted by Crippen LogP contribution is -2.08. The summed E-state index contributed by atoms with van der Waals surface area (Å²) in [6, 6.07) is 2.53. The van der Waals surface area contributed by atoms with E-state index in [2.05, 4.69) is 13.2 Å². The lowest BCUT2D eigenvalue weighted by atomic mass is 10.7. The van der Waals surface area contributed by atoms with E-state index in [1.54, 1.807) is 0 Å². The third kappa shape index (κ3) is 4.08. The second kappa shape index (κ2) is 5.06. The molecule has 0 aliphatic carbocycles. The topological polar surface area (TPSA) is 0 Å². The summed E-state index contributed by atoms with van der Waals surface area (Å²) in [5.74, 6) is 0. The van der Waals surface area contributed by atoms with Crippen LogP contribution in [-0.2, 0) is 0 Å². The minimum atomic E-state index is 0.0113. The summed E-state index contributed by atoms with van der Waals surface area (Å²) in [7, 11) is 1.38. The third-order valence-corrected chi connectivity index (χ3v) is 5.41. The molecule has 2 heteroatoms. The standard InChI is InChI=1S/C6H13Si2/c1-3-5-8(7)6-4-2/h3-4H,1-2,5-6H2,7H3. The van der Waals surface area contributed by atoms with Gasteiger partial charge < -0.3 is 0 Å². The van der Waals surface area contributed by atoms with Crippen LogP contribution in [0.15, 0.2) is 25.3 Å². The third-order valence-electron chi connectivity index (χ3n) is 0.986. The monoisotopic (exact) mass is 141 g/mol. The van der Waals surface area contributed by atoms with Gasteiger partial charge in [0, 0.05) is 8.31 Å². The van der Waals surface area contributed by atoms with E-state index in [1.165, 1.54) is 21.8 Å². The molecule has 0 spiro atoms. The quantitative estimate of drug-likeness (QED) is 0.400. The van der Waals surface area contributed by atoms with Crippen LogP contribution in [-0.4, -0.2) is 18.1 Å². The lowest BCUT2D eigenvalue weighted by Gasteiger charge is -1.98. The molecule has 0 saturated heterocycles. The molecule has 0 heterocycles. The smallest absolute Gasteiger partial charge is 0.0365 e. The minimum absolute atomic E-state index is 0.0113. The highest BCUT2D eigenvalue weighted by atomic mass is 29.1. The summed E-state index contributed by atoms with van der Waals surface area (Å²) in [5, 5.41) is 0. The molecular weight excluding hydrogens is 128 g/mol. The normalized spacial score (nSPS) is 9.62. The van der Waals surface area contributed by atoms with Crippen LogP contribution in [0.3, 0.4) is 0 Å². The van der Waals surface area contributed by atoms with Gasteiger partial charge in [-0.15, -0.1) is 13.2 Å². The molecule has 0 fully saturated rings. The van der Waals surface area contributed by atoms with Crippen molar-refractivity contribution in [2.45, 2.75) is 12.1 Å². The predicted octanol–water partition coefficient (Wildman–Crippen LogP) is 0.715. The molecule has 0 aliphatic heterocycles. The zero-order valence-electron chi connectivity index (χ0n) is 5.48. The molecule has 0 atom stereocenters. The van der Waals surface area contributed by atoms with Crippen LogP contribution in [0.1, 0.15) is 0 Å². The molecule has 0 N–H and O–H groups in total. The summed E-state index contributed by atoms with van der Waals surface area (Å²) in [4.78, 5) is 0. The van der Waals surface area contributed by atoms with Crippen LogP contribution in [0.4, 0.5) is 0 Å². The average molecular weight is 141 g/mol. The van der Waals surface area contributed by atoms with Crippen LogP contribution in [0.25, 0.3) is 0 Å². The molecular formula is C6H13Si2. The molecule has 8 heavy (non-hydrogen) atoms. The van der Waals surface area contributed by atoms with Crippen molar-refractivity contribution in [2.75, 3.05) is 0 Å². The molecule has 0 amide bonds. The summed E-state index contributed by atoms with van der Waals surface area (Å²) < 4.78 is 0. The minimum Gasteiger partial charge on any atom is -0.103 e. The Hall–Kier alpha value is -0.0862. The first kappa shape index (κ1) is 7.91. The molecule has 1 radical (unpaired) electrons. The Morgan fingerprint density at radius 1 is 1.25 bits per heavy atom. The Bertz CT molecular complexity index is 68.6. The predicted molar refractivity (Wildman–Crippen MR) is 45.7 cm³/mol. The van der Waals surface area contributed by atoms with Crippen molar-refractivity contribution >= 4 is 18.1 Å². The Kier molecular flexibility index (Phi) is 5.00. The zero-order chi connectivity index (χ0) is 6.41. The van der Waals surface area contributed by atoms with E-state index in [0.717, 1.165) is 0 Å². The van der Waals surface area contributed by atoms with E-state index < -0.39 is 0 Å². The van der Waals surface area contributed by atoms with Crippen LogP contribution in [0.5, 0.6) is 0 Å². The molecule has 0 unspecified atom stereocenters. The SMILES string of the molecule is C=CC[Si]([SiH3])CC=C. The van der Waals surface area contributed by atoms with Crippen molar-refractivity contribution in [3.05, 3.63) is 25.3 Å². The van der Waals surface area contributed by atoms with Crippen LogP contribution in [0.2, 0.25) is 12.1 Å². The molecule has 45 valence electrons. The van der Waals surface area contributed by atoms with Gasteiger partial charge in [-0.3, -0.25) is 0 Å². The fourth-order valence-electron chi connectivity index (χ4n) is 0.576. The van der Waals surface area contributed by atoms with E-state index in [1.807, 2.05) is 12.2 Å². The first-order chi connectivity index (χ1) is 3.81. The first-order valence-corrected chi connectivity index (χ1v) is 8.25. The maximum atomic E-state index is 3.70. The van der Waals surface area contributed by atoms with E-state index in [9.17, 15) is 0 Å². The van der Waals surface area contributed by atoms with Gasteiger partial charge >= 0.3 is 0 Å². The van der Waals surface area contributed by atoms with Gasteiger partial charge in [0.2, 0.25) is 0 Å². The molecule has 0 aromatic heterocycles. The zero-order valence-corrected chi connectivity index (χ0v) is 8.48. The van der Waals surface area contributed by atoms with Gasteiger partial charge in [0.15, 0.2) is 0 Å². The Morgan fingerprint density at radius 3 is 1.88 bits per heavy atom. The number of hydrogen-bond acceptors (Lipinski definition) is 0. The number of allylic oxidation sites excluding steroid dienone is 2. The van der Waals surface area contributed by atoms with E-state index in [4.69, 9.17) is 0 Å². The van der Waals surface area contributed by atoms with Crippen molar-refractivity contribution in [3.8, 4) is 0 Å². The molecule has 0 nitrogen and oxygen atoms in total. The number of rotatable bonds is 4. The second-order valence-corrected chi connectivity index (χ2v) is 8.92. The summed E-state index contributed by atoms with van der Waals surface area (Å²) >= 11 is 0. The second-order valence-electron chi connectivity index (χ2n) is 1.94. The fourth-order valence-corrected chi connectivity index (χ4v) is 3.46. The molecule has 0 aliphatic rings. The highest BCUT2D eigenvalue weighted by molar-refractivity contribution is 7.03. The van der Waals surface area contributed by atoms with E-state index in [-0.39, 0.29) is 8.31 Å². The maximum Gasteiger partial charge on any atom is 0.0365 e. The molecule has 0 aromatic carbocycles. The molecule has 0 aromatic rings. The Balaban J connectivity index is 3.16. The van der Waals surface area contributed by atoms with E-state index >= 15 is 0 Å². The van der Waals surface area contributed by atoms with Crippen LogP contribution >= 0.6 is 0 Å². The van der Waals surface area contributed by atoms with Crippen molar-refractivity contribution < 1.29 is 0 Å². The van der Waals surface area contributed by atoms with Crippen molar-refractivity contribution in [2.24, 2.45) is 0 Å². The van der Waals surface area contributed by atoms with Crippen LogP contribution < -0.4 is 0 Å². The average Bonchev–Trinajstić information content (AvgIpc) is 1.68. The van der Waals surface area contributed by atoms with Crippen LogP contribution in [0, 0.1) is 0 Å². The molecule has 0 bridgehead atoms. The van der Waals surface area contributed by atoms with Crippen molar-refractivity contribution in [1.82, 2.24) is 0 Å². The van der Waals surface area contributed by atoms with Gasteiger partial charge in [-0.05, 0) is 21.8 Å². The summed E-state index contributed by atoms with van der Waals surface area (Å²) in [6.07, 6.45) is 4.07. The molecule has 0 saturated carbocycles. The highest BCUT2D eigenvalue weighted by Gasteiger charge is 1.95. The van der Waals surface area contributed by atoms with Gasteiger partial charge in [0.25, 0.3) is 0 Å². The fraction of sp³-hybridized carbons (Fsp3) is 0.333. The summed E-state index contributed by atoms with van der Waals surface area (Å²) in [6.45, 7) is 7.39. The number of hydrogen-bond donors (Lipinski definition) is 0. The summed E-state index contributed by atoms with van der Waals surface area (Å²) in [5.41, 5.74) is 0. The first-order valence-electron chi connectivity index (χ1n) is 2.84. The lowest BCUT2D eigenvalue weighted by molar-refractivity contribution is 1.59.